The van der Waals surface area contributed by atoms with Crippen molar-refractivity contribution >= 4 is 27.5 Å². The molecule has 17 heavy (non-hydrogen) atoms. The Labute approximate surface area is 108 Å². The molecule has 0 aromatic heterocycles. The van der Waals surface area contributed by atoms with E-state index in [9.17, 15) is 9.18 Å². The summed E-state index contributed by atoms with van der Waals surface area (Å²) in [5.74, 6) is -0.511. The van der Waals surface area contributed by atoms with Crippen LogP contribution in [0, 0.1) is 12.7 Å². The molecule has 0 radical (unpaired) electrons. The Balaban J connectivity index is 1.96. The summed E-state index contributed by atoms with van der Waals surface area (Å²) in [4.78, 5) is 11.6. The molecule has 0 saturated heterocycles. The number of carbonyl (C=O) groups excluding carboxylic acids is 1. The first-order chi connectivity index (χ1) is 8.06. The number of amides is 1. The van der Waals surface area contributed by atoms with E-state index in [1.54, 1.807) is 6.07 Å². The van der Waals surface area contributed by atoms with Crippen molar-refractivity contribution in [1.82, 2.24) is 5.32 Å². The van der Waals surface area contributed by atoms with Crippen molar-refractivity contribution < 1.29 is 9.18 Å². The number of benzene rings is 1. The van der Waals surface area contributed by atoms with Gasteiger partial charge in [0.1, 0.15) is 5.82 Å². The number of carbonyl (C=O) groups is 1. The summed E-state index contributed by atoms with van der Waals surface area (Å²) in [6, 6.07) is 3.47. The van der Waals surface area contributed by atoms with E-state index in [-0.39, 0.29) is 18.3 Å². The molecule has 1 aliphatic rings. The van der Waals surface area contributed by atoms with Crippen molar-refractivity contribution in [3.63, 3.8) is 0 Å². The number of hydrogen-bond donors (Lipinski definition) is 2. The van der Waals surface area contributed by atoms with E-state index in [4.69, 9.17) is 0 Å². The van der Waals surface area contributed by atoms with Gasteiger partial charge in [0.25, 0.3) is 0 Å². The maximum atomic E-state index is 13.3. The highest BCUT2D eigenvalue weighted by Crippen LogP contribution is 2.24. The van der Waals surface area contributed by atoms with Crippen LogP contribution in [0.15, 0.2) is 16.6 Å². The van der Waals surface area contributed by atoms with Crippen molar-refractivity contribution in [2.24, 2.45) is 0 Å². The fraction of sp³-hybridized carbons (Fsp3) is 0.417. The van der Waals surface area contributed by atoms with Crippen LogP contribution in [0.2, 0.25) is 0 Å². The molecule has 3 nitrogen and oxygen atoms in total. The molecule has 0 spiro atoms. The number of nitrogens with one attached hydrogen (secondary N) is 2. The number of aryl methyl sites for hydroxylation is 1. The SMILES string of the molecule is Cc1cc(Br)c(F)cc1NC(=O)CNC1CC1. The molecule has 1 amide bonds. The predicted molar refractivity (Wildman–Crippen MR) is 68.5 cm³/mol. The lowest BCUT2D eigenvalue weighted by Crippen LogP contribution is -2.29. The average Bonchev–Trinajstić information content (AvgIpc) is 3.07. The van der Waals surface area contributed by atoms with Gasteiger partial charge in [-0.3, -0.25) is 4.79 Å². The summed E-state index contributed by atoms with van der Waals surface area (Å²) in [6.07, 6.45) is 2.28. The molecule has 0 bridgehead atoms. The largest absolute Gasteiger partial charge is 0.325 e. The first-order valence-electron chi connectivity index (χ1n) is 5.55. The quantitative estimate of drug-likeness (QED) is 0.897. The van der Waals surface area contributed by atoms with E-state index in [0.29, 0.717) is 16.2 Å². The van der Waals surface area contributed by atoms with Gasteiger partial charge in [0, 0.05) is 11.7 Å². The molecule has 1 aromatic rings. The first kappa shape index (κ1) is 12.5. The van der Waals surface area contributed by atoms with Gasteiger partial charge in [-0.2, -0.15) is 0 Å². The molecule has 1 fully saturated rings. The molecule has 2 rings (SSSR count). The first-order valence-corrected chi connectivity index (χ1v) is 6.34. The van der Waals surface area contributed by atoms with Crippen LogP contribution in [0.3, 0.4) is 0 Å². The van der Waals surface area contributed by atoms with Crippen LogP contribution in [0.25, 0.3) is 0 Å². The molecule has 1 saturated carbocycles. The summed E-state index contributed by atoms with van der Waals surface area (Å²) >= 11 is 3.10. The van der Waals surface area contributed by atoms with Gasteiger partial charge in [0.2, 0.25) is 5.91 Å². The standard InChI is InChI=1S/C12H14BrFN2O/c1-7-4-9(13)10(14)5-11(7)16-12(17)6-15-8-2-3-8/h4-5,8,15H,2-3,6H2,1H3,(H,16,17). The lowest BCUT2D eigenvalue weighted by Gasteiger charge is -2.09. The molecule has 0 aliphatic heterocycles. The zero-order chi connectivity index (χ0) is 12.4. The summed E-state index contributed by atoms with van der Waals surface area (Å²) < 4.78 is 13.7. The third-order valence-electron chi connectivity index (χ3n) is 2.67. The lowest BCUT2D eigenvalue weighted by atomic mass is 10.2. The zero-order valence-corrected chi connectivity index (χ0v) is 11.1. The molecule has 0 unspecified atom stereocenters. The lowest BCUT2D eigenvalue weighted by molar-refractivity contribution is -0.115. The topological polar surface area (TPSA) is 41.1 Å². The summed E-state index contributed by atoms with van der Waals surface area (Å²) in [6.45, 7) is 2.11. The fourth-order valence-electron chi connectivity index (χ4n) is 1.50. The van der Waals surface area contributed by atoms with E-state index in [2.05, 4.69) is 26.6 Å². The van der Waals surface area contributed by atoms with Gasteiger partial charge in [-0.15, -0.1) is 0 Å². The molecular weight excluding hydrogens is 287 g/mol. The Hall–Kier alpha value is -0.940. The maximum absolute atomic E-state index is 13.3. The van der Waals surface area contributed by atoms with Gasteiger partial charge in [0.05, 0.1) is 11.0 Å². The monoisotopic (exact) mass is 300 g/mol. The highest BCUT2D eigenvalue weighted by molar-refractivity contribution is 9.10. The van der Waals surface area contributed by atoms with Crippen molar-refractivity contribution in [2.75, 3.05) is 11.9 Å². The Morgan fingerprint density at radius 2 is 2.24 bits per heavy atom. The molecule has 5 heteroatoms. The minimum Gasteiger partial charge on any atom is -0.325 e. The van der Waals surface area contributed by atoms with Crippen LogP contribution < -0.4 is 10.6 Å². The molecule has 0 atom stereocenters. The van der Waals surface area contributed by atoms with Gasteiger partial charge < -0.3 is 10.6 Å². The fourth-order valence-corrected chi connectivity index (χ4v) is 1.96. The van der Waals surface area contributed by atoms with Crippen molar-refractivity contribution in [2.45, 2.75) is 25.8 Å². The normalized spacial score (nSPS) is 14.8. The summed E-state index contributed by atoms with van der Waals surface area (Å²) in [5, 5.41) is 5.81. The van der Waals surface area contributed by atoms with Crippen LogP contribution in [-0.4, -0.2) is 18.5 Å². The molecule has 0 heterocycles. The van der Waals surface area contributed by atoms with Crippen LogP contribution in [0.5, 0.6) is 0 Å². The van der Waals surface area contributed by atoms with Gasteiger partial charge in [-0.25, -0.2) is 4.39 Å². The van der Waals surface area contributed by atoms with E-state index < -0.39 is 0 Å². The third kappa shape index (κ3) is 3.51. The Morgan fingerprint density at radius 1 is 1.53 bits per heavy atom. The molecule has 2 N–H and O–H groups in total. The van der Waals surface area contributed by atoms with Gasteiger partial charge in [-0.05, 0) is 53.4 Å². The van der Waals surface area contributed by atoms with Gasteiger partial charge >= 0.3 is 0 Å². The van der Waals surface area contributed by atoms with Crippen molar-refractivity contribution in [1.29, 1.82) is 0 Å². The van der Waals surface area contributed by atoms with Crippen LogP contribution in [-0.2, 0) is 4.79 Å². The molecule has 92 valence electrons. The molecule has 1 aromatic carbocycles. The summed E-state index contributed by atoms with van der Waals surface area (Å²) in [7, 11) is 0. The van der Waals surface area contributed by atoms with Gasteiger partial charge in [-0.1, -0.05) is 0 Å². The second kappa shape index (κ2) is 5.14. The van der Waals surface area contributed by atoms with Crippen molar-refractivity contribution in [3.05, 3.63) is 28.0 Å². The number of rotatable bonds is 4. The number of hydrogen-bond acceptors (Lipinski definition) is 2. The van der Waals surface area contributed by atoms with E-state index >= 15 is 0 Å². The average molecular weight is 301 g/mol. The maximum Gasteiger partial charge on any atom is 0.238 e. The predicted octanol–water partition coefficient (Wildman–Crippen LogP) is 2.59. The van der Waals surface area contributed by atoms with Crippen molar-refractivity contribution in [3.8, 4) is 0 Å². The second-order valence-electron chi connectivity index (χ2n) is 4.28. The van der Waals surface area contributed by atoms with E-state index in [0.717, 1.165) is 18.4 Å². The summed E-state index contributed by atoms with van der Waals surface area (Å²) in [5.41, 5.74) is 1.35. The smallest absolute Gasteiger partial charge is 0.238 e. The number of anilines is 1. The highest BCUT2D eigenvalue weighted by Gasteiger charge is 2.21. The highest BCUT2D eigenvalue weighted by atomic mass is 79.9. The zero-order valence-electron chi connectivity index (χ0n) is 9.52. The minimum atomic E-state index is -0.374. The Bertz CT molecular complexity index is 446. The minimum absolute atomic E-state index is 0.137. The second-order valence-corrected chi connectivity index (χ2v) is 5.14. The third-order valence-corrected chi connectivity index (χ3v) is 3.28. The van der Waals surface area contributed by atoms with Gasteiger partial charge in [0.15, 0.2) is 0 Å². The van der Waals surface area contributed by atoms with Crippen LogP contribution in [0.1, 0.15) is 18.4 Å². The number of halogens is 2. The van der Waals surface area contributed by atoms with Crippen LogP contribution >= 0.6 is 15.9 Å². The Kier molecular flexibility index (Phi) is 3.79. The van der Waals surface area contributed by atoms with Crippen LogP contribution in [0.4, 0.5) is 10.1 Å². The molecule has 1 aliphatic carbocycles. The molecular formula is C12H14BrFN2O. The Morgan fingerprint density at radius 3 is 2.88 bits per heavy atom. The van der Waals surface area contributed by atoms with E-state index in [1.165, 1.54) is 6.07 Å². The van der Waals surface area contributed by atoms with E-state index in [1.807, 2.05) is 6.92 Å².